The number of rotatable bonds is 7. The van der Waals surface area contributed by atoms with Gasteiger partial charge < -0.3 is 20.5 Å². The highest BCUT2D eigenvalue weighted by atomic mass is 32.2. The molecule has 1 heterocycles. The highest BCUT2D eigenvalue weighted by Gasteiger charge is 2.26. The molecule has 1 fully saturated rings. The molecule has 1 amide bonds. The zero-order valence-corrected chi connectivity index (χ0v) is 14.6. The lowest BCUT2D eigenvalue weighted by atomic mass is 9.92. The minimum atomic E-state index is -3.07. The lowest BCUT2D eigenvalue weighted by Crippen LogP contribution is -2.44. The molecule has 1 saturated heterocycles. The smallest absolute Gasteiger partial charge is 0.241 e. The third kappa shape index (κ3) is 6.10. The zero-order valence-electron chi connectivity index (χ0n) is 13.7. The van der Waals surface area contributed by atoms with E-state index in [1.165, 1.54) is 0 Å². The van der Waals surface area contributed by atoms with Crippen LogP contribution >= 0.6 is 0 Å². The zero-order chi connectivity index (χ0) is 17.6. The van der Waals surface area contributed by atoms with Gasteiger partial charge in [0.1, 0.15) is 12.4 Å². The monoisotopic (exact) mass is 356 g/mol. The van der Waals surface area contributed by atoms with Crippen LogP contribution in [0.4, 0.5) is 5.69 Å². The first kappa shape index (κ1) is 18.7. The van der Waals surface area contributed by atoms with Gasteiger partial charge in [0.25, 0.3) is 0 Å². The molecule has 0 bridgehead atoms. The van der Waals surface area contributed by atoms with Crippen LogP contribution in [-0.4, -0.2) is 52.2 Å². The van der Waals surface area contributed by atoms with E-state index in [1.54, 1.807) is 24.3 Å². The normalized spacial score (nSPS) is 17.2. The molecule has 1 unspecified atom stereocenters. The second kappa shape index (κ2) is 8.46. The summed E-state index contributed by atoms with van der Waals surface area (Å²) in [6.07, 6.45) is 2.72. The fourth-order valence-electron chi connectivity index (χ4n) is 2.49. The molecule has 3 N–H and O–H groups in total. The van der Waals surface area contributed by atoms with Gasteiger partial charge in [-0.25, -0.2) is 8.42 Å². The number of carbonyl (C=O) groups is 1. The maximum atomic E-state index is 12.3. The number of carbonyl (C=O) groups excluding carboxylic acids is 1. The number of hydrogen-bond acceptors (Lipinski definition) is 6. The SMILES string of the molecule is CS(=O)(=O)CCOc1cccc(NC(=O)C(N)C2CCOCC2)c1. The van der Waals surface area contributed by atoms with E-state index >= 15 is 0 Å². The van der Waals surface area contributed by atoms with Crippen LogP contribution in [0.1, 0.15) is 12.8 Å². The molecule has 134 valence electrons. The van der Waals surface area contributed by atoms with Crippen LogP contribution in [0.3, 0.4) is 0 Å². The minimum absolute atomic E-state index is 0.0573. The molecule has 7 nitrogen and oxygen atoms in total. The van der Waals surface area contributed by atoms with Gasteiger partial charge in [-0.05, 0) is 30.9 Å². The quantitative estimate of drug-likeness (QED) is 0.748. The van der Waals surface area contributed by atoms with Crippen molar-refractivity contribution in [1.29, 1.82) is 0 Å². The molecule has 1 aliphatic heterocycles. The van der Waals surface area contributed by atoms with Crippen LogP contribution in [0.2, 0.25) is 0 Å². The molecule has 1 atom stereocenters. The third-order valence-corrected chi connectivity index (χ3v) is 4.81. The molecule has 0 aliphatic carbocycles. The van der Waals surface area contributed by atoms with Gasteiger partial charge in [0.15, 0.2) is 9.84 Å². The Labute approximate surface area is 142 Å². The molecule has 8 heteroatoms. The summed E-state index contributed by atoms with van der Waals surface area (Å²) in [5.74, 6) is 0.317. The van der Waals surface area contributed by atoms with Crippen LogP contribution in [0, 0.1) is 5.92 Å². The Morgan fingerprint density at radius 1 is 1.42 bits per heavy atom. The van der Waals surface area contributed by atoms with E-state index in [4.69, 9.17) is 15.2 Å². The van der Waals surface area contributed by atoms with Gasteiger partial charge in [-0.2, -0.15) is 0 Å². The van der Waals surface area contributed by atoms with Crippen molar-refractivity contribution >= 4 is 21.4 Å². The van der Waals surface area contributed by atoms with Crippen LogP contribution in [0.5, 0.6) is 5.75 Å². The molecule has 1 aromatic rings. The summed E-state index contributed by atoms with van der Waals surface area (Å²) in [6, 6.07) is 6.24. The molecular weight excluding hydrogens is 332 g/mol. The Morgan fingerprint density at radius 3 is 2.79 bits per heavy atom. The van der Waals surface area contributed by atoms with E-state index in [0.29, 0.717) is 24.7 Å². The van der Waals surface area contributed by atoms with Crippen molar-refractivity contribution in [1.82, 2.24) is 0 Å². The summed E-state index contributed by atoms with van der Waals surface area (Å²) >= 11 is 0. The number of anilines is 1. The van der Waals surface area contributed by atoms with E-state index in [0.717, 1.165) is 19.1 Å². The summed E-state index contributed by atoms with van der Waals surface area (Å²) < 4.78 is 32.9. The highest BCUT2D eigenvalue weighted by molar-refractivity contribution is 7.90. The summed E-state index contributed by atoms with van der Waals surface area (Å²) in [5, 5.41) is 2.78. The molecule has 1 aliphatic rings. The predicted molar refractivity (Wildman–Crippen MR) is 91.8 cm³/mol. The predicted octanol–water partition coefficient (Wildman–Crippen LogP) is 0.802. The standard InChI is InChI=1S/C16H24N2O5S/c1-24(20,21)10-9-23-14-4-2-3-13(11-14)18-16(19)15(17)12-5-7-22-8-6-12/h2-4,11-12,15H,5-10,17H2,1H3,(H,18,19). The lowest BCUT2D eigenvalue weighted by Gasteiger charge is -2.26. The Morgan fingerprint density at radius 2 is 2.12 bits per heavy atom. The Hall–Kier alpha value is -1.64. The van der Waals surface area contributed by atoms with Gasteiger partial charge in [0, 0.05) is 31.2 Å². The fraction of sp³-hybridized carbons (Fsp3) is 0.562. The Kier molecular flexibility index (Phi) is 6.59. The summed E-state index contributed by atoms with van der Waals surface area (Å²) in [5.41, 5.74) is 6.61. The van der Waals surface area contributed by atoms with Gasteiger partial charge in [0.2, 0.25) is 5.91 Å². The van der Waals surface area contributed by atoms with Crippen molar-refractivity contribution in [2.75, 3.05) is 37.1 Å². The average Bonchev–Trinajstić information content (AvgIpc) is 2.54. The lowest BCUT2D eigenvalue weighted by molar-refractivity contribution is -0.119. The van der Waals surface area contributed by atoms with Gasteiger partial charge in [0.05, 0.1) is 11.8 Å². The van der Waals surface area contributed by atoms with Gasteiger partial charge >= 0.3 is 0 Å². The van der Waals surface area contributed by atoms with Crippen LogP contribution in [-0.2, 0) is 19.4 Å². The van der Waals surface area contributed by atoms with Gasteiger partial charge in [-0.3, -0.25) is 4.79 Å². The highest BCUT2D eigenvalue weighted by Crippen LogP contribution is 2.21. The van der Waals surface area contributed by atoms with Gasteiger partial charge in [-0.1, -0.05) is 6.07 Å². The van der Waals surface area contributed by atoms with Crippen LogP contribution in [0.25, 0.3) is 0 Å². The number of nitrogens with one attached hydrogen (secondary N) is 1. The minimum Gasteiger partial charge on any atom is -0.492 e. The van der Waals surface area contributed by atoms with E-state index in [1.807, 2.05) is 0 Å². The van der Waals surface area contributed by atoms with Crippen LogP contribution in [0.15, 0.2) is 24.3 Å². The van der Waals surface area contributed by atoms with E-state index in [-0.39, 0.29) is 24.2 Å². The van der Waals surface area contributed by atoms with Crippen molar-refractivity contribution in [2.24, 2.45) is 11.7 Å². The van der Waals surface area contributed by atoms with Crippen molar-refractivity contribution in [3.05, 3.63) is 24.3 Å². The first-order valence-corrected chi connectivity index (χ1v) is 9.96. The maximum Gasteiger partial charge on any atom is 0.241 e. The van der Waals surface area contributed by atoms with Gasteiger partial charge in [-0.15, -0.1) is 0 Å². The number of ether oxygens (including phenoxy) is 2. The van der Waals surface area contributed by atoms with Crippen molar-refractivity contribution < 1.29 is 22.7 Å². The molecule has 0 radical (unpaired) electrons. The van der Waals surface area contributed by atoms with E-state index in [9.17, 15) is 13.2 Å². The van der Waals surface area contributed by atoms with Crippen molar-refractivity contribution in [2.45, 2.75) is 18.9 Å². The van der Waals surface area contributed by atoms with Crippen molar-refractivity contribution in [3.63, 3.8) is 0 Å². The third-order valence-electron chi connectivity index (χ3n) is 3.90. The average molecular weight is 356 g/mol. The summed E-state index contributed by atoms with van der Waals surface area (Å²) in [6.45, 7) is 1.34. The van der Waals surface area contributed by atoms with E-state index in [2.05, 4.69) is 5.32 Å². The molecule has 2 rings (SSSR count). The number of benzene rings is 1. The molecule has 1 aromatic carbocycles. The number of amides is 1. The second-order valence-electron chi connectivity index (χ2n) is 5.97. The largest absolute Gasteiger partial charge is 0.492 e. The first-order chi connectivity index (χ1) is 11.3. The number of nitrogens with two attached hydrogens (primary N) is 1. The molecule has 24 heavy (non-hydrogen) atoms. The fourth-order valence-corrected chi connectivity index (χ4v) is 2.88. The summed E-state index contributed by atoms with van der Waals surface area (Å²) in [7, 11) is -3.07. The maximum absolute atomic E-state index is 12.3. The Balaban J connectivity index is 1.89. The van der Waals surface area contributed by atoms with Crippen LogP contribution < -0.4 is 15.8 Å². The first-order valence-electron chi connectivity index (χ1n) is 7.90. The molecule has 0 saturated carbocycles. The second-order valence-corrected chi connectivity index (χ2v) is 8.23. The Bertz CT molecular complexity index is 656. The molecule has 0 spiro atoms. The molecule has 0 aromatic heterocycles. The topological polar surface area (TPSA) is 108 Å². The molecular formula is C16H24N2O5S. The van der Waals surface area contributed by atoms with E-state index < -0.39 is 15.9 Å². The summed E-state index contributed by atoms with van der Waals surface area (Å²) in [4.78, 5) is 12.3. The number of hydrogen-bond donors (Lipinski definition) is 2. The van der Waals surface area contributed by atoms with Crippen molar-refractivity contribution in [3.8, 4) is 5.75 Å². The number of sulfone groups is 1.